The van der Waals surface area contributed by atoms with Gasteiger partial charge in [0.2, 0.25) is 0 Å². The predicted molar refractivity (Wildman–Crippen MR) is 56.2 cm³/mol. The Morgan fingerprint density at radius 1 is 1.67 bits per heavy atom. The second kappa shape index (κ2) is 5.50. The number of rotatable bonds is 5. The largest absolute Gasteiger partial charge is 0.465 e. The van der Waals surface area contributed by atoms with Crippen LogP contribution in [0.1, 0.15) is 19.7 Å². The zero-order chi connectivity index (χ0) is 11.3. The summed E-state index contributed by atoms with van der Waals surface area (Å²) >= 11 is 0. The van der Waals surface area contributed by atoms with Gasteiger partial charge in [0, 0.05) is 25.4 Å². The first-order chi connectivity index (χ1) is 7.19. The smallest absolute Gasteiger partial charge is 0.324 e. The van der Waals surface area contributed by atoms with Crippen LogP contribution in [0.5, 0.6) is 0 Å². The van der Waals surface area contributed by atoms with Gasteiger partial charge < -0.3 is 15.0 Å². The first kappa shape index (κ1) is 11.7. The van der Waals surface area contributed by atoms with Gasteiger partial charge in [-0.3, -0.25) is 4.79 Å². The van der Waals surface area contributed by atoms with Crippen molar-refractivity contribution in [3.8, 4) is 0 Å². The molecular weight excluding hydrogens is 194 g/mol. The fourth-order valence-corrected chi connectivity index (χ4v) is 1.36. The molecule has 0 aliphatic heterocycles. The van der Waals surface area contributed by atoms with Crippen molar-refractivity contribution in [2.75, 3.05) is 6.61 Å². The Morgan fingerprint density at radius 3 is 3.00 bits per heavy atom. The van der Waals surface area contributed by atoms with Crippen molar-refractivity contribution in [1.29, 1.82) is 0 Å². The Kier molecular flexibility index (Phi) is 4.30. The number of esters is 1. The highest BCUT2D eigenvalue weighted by Crippen LogP contribution is 2.00. The molecule has 5 nitrogen and oxygen atoms in total. The van der Waals surface area contributed by atoms with Crippen molar-refractivity contribution < 1.29 is 9.53 Å². The maximum Gasteiger partial charge on any atom is 0.324 e. The Hall–Kier alpha value is -1.36. The van der Waals surface area contributed by atoms with E-state index in [0.717, 1.165) is 12.2 Å². The number of nitrogens with zero attached hydrogens (tertiary/aromatic N) is 2. The van der Waals surface area contributed by atoms with E-state index in [-0.39, 0.29) is 5.97 Å². The van der Waals surface area contributed by atoms with E-state index < -0.39 is 6.04 Å². The number of carbonyl (C=O) groups excluding carboxylic acids is 1. The molecule has 1 aromatic heterocycles. The number of carbonyl (C=O) groups is 1. The highest BCUT2D eigenvalue weighted by atomic mass is 16.5. The zero-order valence-corrected chi connectivity index (χ0v) is 9.14. The summed E-state index contributed by atoms with van der Waals surface area (Å²) in [7, 11) is 0. The summed E-state index contributed by atoms with van der Waals surface area (Å²) in [5, 5.41) is 0. The van der Waals surface area contributed by atoms with Gasteiger partial charge in [0.1, 0.15) is 11.9 Å². The summed E-state index contributed by atoms with van der Waals surface area (Å²) in [5.41, 5.74) is 5.69. The topological polar surface area (TPSA) is 70.1 Å². The van der Waals surface area contributed by atoms with Crippen LogP contribution in [0.15, 0.2) is 12.4 Å². The van der Waals surface area contributed by atoms with Crippen molar-refractivity contribution in [3.05, 3.63) is 18.2 Å². The molecule has 0 saturated carbocycles. The third-order valence-corrected chi connectivity index (χ3v) is 2.10. The summed E-state index contributed by atoms with van der Waals surface area (Å²) in [6.07, 6.45) is 4.34. The summed E-state index contributed by atoms with van der Waals surface area (Å²) in [6.45, 7) is 4.55. The van der Waals surface area contributed by atoms with Gasteiger partial charge in [0.05, 0.1) is 6.61 Å². The second-order valence-electron chi connectivity index (χ2n) is 3.21. The molecule has 0 spiro atoms. The lowest BCUT2D eigenvalue weighted by Crippen LogP contribution is -2.36. The third kappa shape index (κ3) is 3.06. The summed E-state index contributed by atoms with van der Waals surface area (Å²) < 4.78 is 6.70. The molecule has 1 aromatic rings. The van der Waals surface area contributed by atoms with E-state index in [1.165, 1.54) is 0 Å². The monoisotopic (exact) mass is 211 g/mol. The van der Waals surface area contributed by atoms with E-state index in [9.17, 15) is 4.79 Å². The average Bonchev–Trinajstić information content (AvgIpc) is 2.65. The third-order valence-electron chi connectivity index (χ3n) is 2.10. The van der Waals surface area contributed by atoms with Gasteiger partial charge in [0.25, 0.3) is 0 Å². The molecule has 0 aliphatic carbocycles. The molecule has 0 radical (unpaired) electrons. The van der Waals surface area contributed by atoms with E-state index in [2.05, 4.69) is 4.98 Å². The molecule has 0 aliphatic rings. The first-order valence-corrected chi connectivity index (χ1v) is 5.11. The van der Waals surface area contributed by atoms with Crippen LogP contribution >= 0.6 is 0 Å². The molecular formula is C10H17N3O2. The Labute approximate surface area is 89.2 Å². The van der Waals surface area contributed by atoms with Gasteiger partial charge in [-0.1, -0.05) is 6.92 Å². The molecule has 1 heterocycles. The molecule has 5 heteroatoms. The van der Waals surface area contributed by atoms with Crippen molar-refractivity contribution in [2.24, 2.45) is 5.73 Å². The molecule has 0 fully saturated rings. The second-order valence-corrected chi connectivity index (χ2v) is 3.21. The minimum Gasteiger partial charge on any atom is -0.465 e. The van der Waals surface area contributed by atoms with Gasteiger partial charge in [0.15, 0.2) is 0 Å². The average molecular weight is 211 g/mol. The summed E-state index contributed by atoms with van der Waals surface area (Å²) in [4.78, 5) is 15.4. The highest BCUT2D eigenvalue weighted by molar-refractivity contribution is 5.75. The Morgan fingerprint density at radius 2 is 2.40 bits per heavy atom. The predicted octanol–water partition coefficient (Wildman–Crippen LogP) is 0.336. The van der Waals surface area contributed by atoms with Crippen LogP contribution in [0.25, 0.3) is 0 Å². The minimum atomic E-state index is -0.621. The van der Waals surface area contributed by atoms with E-state index in [1.807, 2.05) is 17.7 Å². The zero-order valence-electron chi connectivity index (χ0n) is 9.14. The summed E-state index contributed by atoms with van der Waals surface area (Å²) in [6, 6.07) is -0.621. The normalized spacial score (nSPS) is 12.5. The van der Waals surface area contributed by atoms with E-state index >= 15 is 0 Å². The number of hydrogen-bond donors (Lipinski definition) is 1. The van der Waals surface area contributed by atoms with Gasteiger partial charge in [-0.15, -0.1) is 0 Å². The molecule has 0 aromatic carbocycles. The maximum absolute atomic E-state index is 11.3. The van der Waals surface area contributed by atoms with Crippen LogP contribution in [0.4, 0.5) is 0 Å². The Bertz CT molecular complexity index is 322. The number of hydrogen-bond acceptors (Lipinski definition) is 4. The summed E-state index contributed by atoms with van der Waals surface area (Å²) in [5.74, 6) is 0.558. The Balaban J connectivity index is 2.57. The molecule has 0 bridgehead atoms. The van der Waals surface area contributed by atoms with Crippen LogP contribution in [-0.4, -0.2) is 28.2 Å². The van der Waals surface area contributed by atoms with Crippen LogP contribution in [-0.2, 0) is 22.5 Å². The van der Waals surface area contributed by atoms with Crippen LogP contribution in [0, 0.1) is 0 Å². The minimum absolute atomic E-state index is 0.358. The quantitative estimate of drug-likeness (QED) is 0.713. The van der Waals surface area contributed by atoms with E-state index in [1.54, 1.807) is 13.1 Å². The van der Waals surface area contributed by atoms with Crippen molar-refractivity contribution >= 4 is 5.97 Å². The van der Waals surface area contributed by atoms with Crippen molar-refractivity contribution in [3.63, 3.8) is 0 Å². The van der Waals surface area contributed by atoms with E-state index in [0.29, 0.717) is 13.2 Å². The SMILES string of the molecule is CCOC(=O)C(N)Cn1ccnc1CC. The maximum atomic E-state index is 11.3. The van der Waals surface area contributed by atoms with Gasteiger partial charge in [-0.05, 0) is 6.92 Å². The number of nitrogens with two attached hydrogens (primary N) is 1. The lowest BCUT2D eigenvalue weighted by atomic mass is 10.3. The number of ether oxygens (including phenoxy) is 1. The molecule has 2 N–H and O–H groups in total. The number of imidazole rings is 1. The van der Waals surface area contributed by atoms with Gasteiger partial charge >= 0.3 is 5.97 Å². The fraction of sp³-hybridized carbons (Fsp3) is 0.600. The molecule has 15 heavy (non-hydrogen) atoms. The van der Waals surface area contributed by atoms with Crippen molar-refractivity contribution in [2.45, 2.75) is 32.9 Å². The molecule has 84 valence electrons. The number of aromatic nitrogens is 2. The van der Waals surface area contributed by atoms with E-state index in [4.69, 9.17) is 10.5 Å². The highest BCUT2D eigenvalue weighted by Gasteiger charge is 2.15. The van der Waals surface area contributed by atoms with Gasteiger partial charge in [-0.25, -0.2) is 4.98 Å². The lowest BCUT2D eigenvalue weighted by Gasteiger charge is -2.12. The molecule has 1 unspecified atom stereocenters. The standard InChI is InChI=1S/C10H17N3O2/c1-3-9-12-5-6-13(9)7-8(11)10(14)15-4-2/h5-6,8H,3-4,7,11H2,1-2H3. The molecule has 1 rings (SSSR count). The fourth-order valence-electron chi connectivity index (χ4n) is 1.36. The van der Waals surface area contributed by atoms with Crippen LogP contribution < -0.4 is 5.73 Å². The van der Waals surface area contributed by atoms with Crippen molar-refractivity contribution in [1.82, 2.24) is 9.55 Å². The van der Waals surface area contributed by atoms with Crippen LogP contribution in [0.2, 0.25) is 0 Å². The molecule has 0 saturated heterocycles. The number of aryl methyl sites for hydroxylation is 1. The van der Waals surface area contributed by atoms with Crippen LogP contribution in [0.3, 0.4) is 0 Å². The molecule has 1 atom stereocenters. The lowest BCUT2D eigenvalue weighted by molar-refractivity contribution is -0.145. The molecule has 0 amide bonds. The first-order valence-electron chi connectivity index (χ1n) is 5.11. The van der Waals surface area contributed by atoms with Gasteiger partial charge in [-0.2, -0.15) is 0 Å².